The first-order valence-corrected chi connectivity index (χ1v) is 10.4. The molecule has 0 spiro atoms. The molecule has 4 aliphatic carbocycles. The van der Waals surface area contributed by atoms with E-state index >= 15 is 0 Å². The molecule has 0 unspecified atom stereocenters. The Bertz CT molecular complexity index is 651. The lowest BCUT2D eigenvalue weighted by molar-refractivity contribution is -0.149. The molecule has 1 amide bonds. The summed E-state index contributed by atoms with van der Waals surface area (Å²) < 4.78 is 5.35. The molecule has 1 N–H and O–H groups in total. The van der Waals surface area contributed by atoms with E-state index in [9.17, 15) is 4.79 Å². The van der Waals surface area contributed by atoms with Crippen LogP contribution in [0.25, 0.3) is 0 Å². The van der Waals surface area contributed by atoms with E-state index < -0.39 is 0 Å². The van der Waals surface area contributed by atoms with Crippen molar-refractivity contribution in [3.05, 3.63) is 29.8 Å². The molecular weight excluding hydrogens is 322 g/mol. The number of hydrogen-bond donors (Lipinski definition) is 1. The molecule has 3 nitrogen and oxygen atoms in total. The van der Waals surface area contributed by atoms with E-state index in [0.717, 1.165) is 37.9 Å². The van der Waals surface area contributed by atoms with Gasteiger partial charge in [0.25, 0.3) is 0 Å². The Morgan fingerprint density at radius 2 is 1.85 bits per heavy atom. The fraction of sp³-hybridized carbons (Fsp3) is 0.696. The molecule has 3 heteroatoms. The highest BCUT2D eigenvalue weighted by molar-refractivity contribution is 5.83. The Hall–Kier alpha value is -1.51. The summed E-state index contributed by atoms with van der Waals surface area (Å²) in [6.45, 7) is 4.34. The number of carbonyl (C=O) groups excluding carboxylic acids is 1. The van der Waals surface area contributed by atoms with E-state index in [1.807, 2.05) is 0 Å². The van der Waals surface area contributed by atoms with Crippen molar-refractivity contribution in [2.75, 3.05) is 7.11 Å². The predicted molar refractivity (Wildman–Crippen MR) is 104 cm³/mol. The van der Waals surface area contributed by atoms with Gasteiger partial charge in [0.1, 0.15) is 5.75 Å². The Labute approximate surface area is 157 Å². The van der Waals surface area contributed by atoms with Crippen LogP contribution in [-0.4, -0.2) is 19.1 Å². The van der Waals surface area contributed by atoms with Crippen molar-refractivity contribution in [1.82, 2.24) is 5.32 Å². The fourth-order valence-corrected chi connectivity index (χ4v) is 6.69. The van der Waals surface area contributed by atoms with Crippen LogP contribution in [0.5, 0.6) is 5.75 Å². The molecule has 4 aliphatic rings. The molecule has 4 bridgehead atoms. The summed E-state index contributed by atoms with van der Waals surface area (Å²) in [5.74, 6) is 2.68. The molecule has 1 aromatic rings. The van der Waals surface area contributed by atoms with Gasteiger partial charge in [-0.05, 0) is 86.8 Å². The number of methoxy groups -OCH3 is 1. The average Bonchev–Trinajstić information content (AvgIpc) is 2.61. The van der Waals surface area contributed by atoms with Gasteiger partial charge in [-0.2, -0.15) is 0 Å². The number of ether oxygens (including phenoxy) is 1. The maximum absolute atomic E-state index is 13.3. The zero-order chi connectivity index (χ0) is 18.4. The van der Waals surface area contributed by atoms with Crippen molar-refractivity contribution >= 4 is 5.91 Å². The number of amides is 1. The second-order valence-corrected chi connectivity index (χ2v) is 9.41. The molecule has 0 heterocycles. The molecule has 3 atom stereocenters. The normalized spacial score (nSPS) is 36.0. The summed E-state index contributed by atoms with van der Waals surface area (Å²) in [6.07, 6.45) is 9.28. The van der Waals surface area contributed by atoms with Crippen LogP contribution in [0.1, 0.15) is 70.8 Å². The topological polar surface area (TPSA) is 38.3 Å². The first-order valence-electron chi connectivity index (χ1n) is 10.4. The fourth-order valence-electron chi connectivity index (χ4n) is 6.69. The summed E-state index contributed by atoms with van der Waals surface area (Å²) in [5.41, 5.74) is 1.49. The Kier molecular flexibility index (Phi) is 4.53. The molecule has 4 fully saturated rings. The molecule has 0 aliphatic heterocycles. The maximum Gasteiger partial charge on any atom is 0.226 e. The standard InChI is InChI=1S/C23H33NO2/c1-4-5-16(2)24-21(25)23-13-17-10-18(14-23)12-22(11-17,15-23)19-6-8-20(26-3)9-7-19/h6-9,16-18H,4-5,10-15H2,1-3H3,(H,24,25)/t16-,17-,18-,22?,23?/m1/s1. The molecular formula is C23H33NO2. The van der Waals surface area contributed by atoms with Gasteiger partial charge in [-0.25, -0.2) is 0 Å². The minimum Gasteiger partial charge on any atom is -0.497 e. The molecule has 4 saturated carbocycles. The van der Waals surface area contributed by atoms with E-state index in [1.165, 1.54) is 24.8 Å². The first-order chi connectivity index (χ1) is 12.5. The summed E-state index contributed by atoms with van der Waals surface area (Å²) >= 11 is 0. The van der Waals surface area contributed by atoms with E-state index in [4.69, 9.17) is 4.74 Å². The SMILES string of the molecule is CCC[C@@H](C)NC(=O)C12C[C@@H]3C[C@@H](C1)CC(c1ccc(OC)cc1)(C3)C2. The number of hydrogen-bond acceptors (Lipinski definition) is 2. The third kappa shape index (κ3) is 2.93. The van der Waals surface area contributed by atoms with E-state index in [-0.39, 0.29) is 16.9 Å². The van der Waals surface area contributed by atoms with Crippen LogP contribution in [0.2, 0.25) is 0 Å². The minimum atomic E-state index is -0.133. The second-order valence-electron chi connectivity index (χ2n) is 9.41. The van der Waals surface area contributed by atoms with Gasteiger partial charge < -0.3 is 10.1 Å². The molecule has 0 aromatic heterocycles. The summed E-state index contributed by atoms with van der Waals surface area (Å²) in [7, 11) is 1.72. The third-order valence-corrected chi connectivity index (χ3v) is 7.34. The van der Waals surface area contributed by atoms with Crippen LogP contribution in [-0.2, 0) is 10.2 Å². The van der Waals surface area contributed by atoms with Crippen molar-refractivity contribution in [2.24, 2.45) is 17.3 Å². The number of carbonyl (C=O) groups is 1. The van der Waals surface area contributed by atoms with Crippen molar-refractivity contribution in [1.29, 1.82) is 0 Å². The van der Waals surface area contributed by atoms with E-state index in [1.54, 1.807) is 7.11 Å². The van der Waals surface area contributed by atoms with Gasteiger partial charge >= 0.3 is 0 Å². The number of nitrogens with one attached hydrogen (secondary N) is 1. The minimum absolute atomic E-state index is 0.133. The van der Waals surface area contributed by atoms with Crippen LogP contribution in [0.4, 0.5) is 0 Å². The van der Waals surface area contributed by atoms with Gasteiger partial charge in [0.05, 0.1) is 12.5 Å². The second kappa shape index (κ2) is 6.58. The van der Waals surface area contributed by atoms with Gasteiger partial charge in [-0.15, -0.1) is 0 Å². The zero-order valence-electron chi connectivity index (χ0n) is 16.5. The van der Waals surface area contributed by atoms with Crippen molar-refractivity contribution in [2.45, 2.75) is 76.7 Å². The summed E-state index contributed by atoms with van der Waals surface area (Å²) in [5, 5.41) is 3.37. The highest BCUT2D eigenvalue weighted by atomic mass is 16.5. The van der Waals surface area contributed by atoms with Gasteiger partial charge in [0.15, 0.2) is 0 Å². The van der Waals surface area contributed by atoms with Gasteiger partial charge in [-0.3, -0.25) is 4.79 Å². The van der Waals surface area contributed by atoms with Gasteiger partial charge in [0.2, 0.25) is 5.91 Å². The number of benzene rings is 1. The van der Waals surface area contributed by atoms with Crippen LogP contribution in [0.3, 0.4) is 0 Å². The lowest BCUT2D eigenvalue weighted by atomic mass is 9.42. The lowest BCUT2D eigenvalue weighted by Gasteiger charge is -2.61. The Balaban J connectivity index is 1.61. The van der Waals surface area contributed by atoms with E-state index in [2.05, 4.69) is 43.4 Å². The van der Waals surface area contributed by atoms with Crippen molar-refractivity contribution < 1.29 is 9.53 Å². The smallest absolute Gasteiger partial charge is 0.226 e. The van der Waals surface area contributed by atoms with Crippen LogP contribution in [0, 0.1) is 17.3 Å². The summed E-state index contributed by atoms with van der Waals surface area (Å²) in [4.78, 5) is 13.3. The van der Waals surface area contributed by atoms with Crippen LogP contribution < -0.4 is 10.1 Å². The molecule has 5 rings (SSSR count). The molecule has 142 valence electrons. The predicted octanol–water partition coefficient (Wildman–Crippen LogP) is 4.84. The lowest BCUT2D eigenvalue weighted by Crippen LogP contribution is -2.59. The highest BCUT2D eigenvalue weighted by Crippen LogP contribution is 2.65. The third-order valence-electron chi connectivity index (χ3n) is 7.34. The van der Waals surface area contributed by atoms with Gasteiger partial charge in [0, 0.05) is 6.04 Å². The zero-order valence-corrected chi connectivity index (χ0v) is 16.5. The van der Waals surface area contributed by atoms with E-state index in [0.29, 0.717) is 17.7 Å². The quantitative estimate of drug-likeness (QED) is 0.793. The molecule has 1 aromatic carbocycles. The Morgan fingerprint density at radius 1 is 1.19 bits per heavy atom. The Morgan fingerprint density at radius 3 is 2.42 bits per heavy atom. The average molecular weight is 356 g/mol. The van der Waals surface area contributed by atoms with Crippen molar-refractivity contribution in [3.8, 4) is 5.75 Å². The molecule has 0 saturated heterocycles. The monoisotopic (exact) mass is 355 g/mol. The van der Waals surface area contributed by atoms with Crippen LogP contribution >= 0.6 is 0 Å². The van der Waals surface area contributed by atoms with Crippen LogP contribution in [0.15, 0.2) is 24.3 Å². The van der Waals surface area contributed by atoms with Crippen molar-refractivity contribution in [3.63, 3.8) is 0 Å². The maximum atomic E-state index is 13.3. The largest absolute Gasteiger partial charge is 0.497 e. The first kappa shape index (κ1) is 17.9. The highest BCUT2D eigenvalue weighted by Gasteiger charge is 2.60. The molecule has 26 heavy (non-hydrogen) atoms. The number of rotatable bonds is 6. The summed E-state index contributed by atoms with van der Waals surface area (Å²) in [6, 6.07) is 8.96. The van der Waals surface area contributed by atoms with Gasteiger partial charge in [-0.1, -0.05) is 25.5 Å². The molecule has 0 radical (unpaired) electrons.